The maximum Gasteiger partial charge on any atom is 0.573 e. The number of carbonyl (C=O) groups excluding carboxylic acids is 2. The summed E-state index contributed by atoms with van der Waals surface area (Å²) in [6, 6.07) is 2.41. The normalized spacial score (nSPS) is 15.8. The molecule has 2 aromatic heterocycles. The molecule has 0 spiro atoms. The third-order valence-corrected chi connectivity index (χ3v) is 6.96. The van der Waals surface area contributed by atoms with E-state index in [0.29, 0.717) is 17.2 Å². The summed E-state index contributed by atoms with van der Waals surface area (Å²) in [7, 11) is 3.50. The van der Waals surface area contributed by atoms with Gasteiger partial charge >= 0.3 is 6.36 Å². The minimum absolute atomic E-state index is 0.0886. The van der Waals surface area contributed by atoms with Crippen LogP contribution in [0.2, 0.25) is 0 Å². The lowest BCUT2D eigenvalue weighted by Crippen LogP contribution is -2.40. The predicted molar refractivity (Wildman–Crippen MR) is 140 cm³/mol. The number of hydrazone groups is 1. The van der Waals surface area contributed by atoms with E-state index in [9.17, 15) is 31.5 Å². The third kappa shape index (κ3) is 8.89. The van der Waals surface area contributed by atoms with Crippen LogP contribution in [0.5, 0.6) is 5.75 Å². The number of nitrogens with one attached hydrogen (secondary N) is 2. The molecule has 0 saturated carbocycles. The van der Waals surface area contributed by atoms with E-state index in [1.807, 2.05) is 7.05 Å². The molecule has 2 amide bonds. The first kappa shape index (κ1) is 30.7. The molecule has 12 nitrogen and oxygen atoms in total. The number of carbonyl (C=O) groups is 2. The molecule has 226 valence electrons. The lowest BCUT2D eigenvalue weighted by molar-refractivity contribution is -0.274. The molecule has 2 atom stereocenters. The van der Waals surface area contributed by atoms with Gasteiger partial charge in [0, 0.05) is 38.8 Å². The van der Waals surface area contributed by atoms with Gasteiger partial charge in [-0.1, -0.05) is 17.0 Å². The molecule has 1 aliphatic heterocycles. The number of nitrogens with zero attached hydrogens (tertiary/aromatic N) is 7. The Balaban J connectivity index is 1.20. The summed E-state index contributed by atoms with van der Waals surface area (Å²) in [5.41, 5.74) is -0.227. The van der Waals surface area contributed by atoms with Crippen LogP contribution in [0.25, 0.3) is 0 Å². The Labute approximate surface area is 240 Å². The van der Waals surface area contributed by atoms with E-state index in [0.717, 1.165) is 22.9 Å². The third-order valence-electron chi connectivity index (χ3n) is 5.76. The van der Waals surface area contributed by atoms with Gasteiger partial charge < -0.3 is 19.9 Å². The zero-order valence-electron chi connectivity index (χ0n) is 22.3. The minimum atomic E-state index is -4.95. The number of benzene rings is 1. The number of aryl methyl sites for hydroxylation is 1. The molecule has 0 saturated heterocycles. The number of amides is 2. The second-order valence-corrected chi connectivity index (χ2v) is 10.4. The molecule has 4 rings (SSSR count). The van der Waals surface area contributed by atoms with Crippen molar-refractivity contribution in [2.75, 3.05) is 7.05 Å². The SMILES string of the molecule is CN1N=C(CCC(F)Cn2cc(C(=O)NCc3cc(OC(F)(F)F)ccc3F)nn2)SC1NC(=O)Cc1cn(C)cn1. The van der Waals surface area contributed by atoms with Crippen molar-refractivity contribution in [2.24, 2.45) is 12.1 Å². The molecule has 3 heterocycles. The summed E-state index contributed by atoms with van der Waals surface area (Å²) < 4.78 is 72.5. The van der Waals surface area contributed by atoms with Gasteiger partial charge in [0.05, 0.1) is 36.2 Å². The number of thioether (sulfide) groups is 1. The summed E-state index contributed by atoms with van der Waals surface area (Å²) in [5, 5.41) is 19.1. The number of imidazole rings is 1. The summed E-state index contributed by atoms with van der Waals surface area (Å²) in [4.78, 5) is 28.8. The first-order valence-electron chi connectivity index (χ1n) is 12.4. The van der Waals surface area contributed by atoms with Crippen molar-refractivity contribution < 1.29 is 36.3 Å². The quantitative estimate of drug-likeness (QED) is 0.298. The van der Waals surface area contributed by atoms with Crippen LogP contribution in [0.1, 0.15) is 34.6 Å². The van der Waals surface area contributed by atoms with E-state index in [1.54, 1.807) is 29.1 Å². The van der Waals surface area contributed by atoms with Crippen LogP contribution in [-0.4, -0.2) is 71.5 Å². The van der Waals surface area contributed by atoms with Gasteiger partial charge in [0.15, 0.2) is 11.2 Å². The van der Waals surface area contributed by atoms with E-state index in [4.69, 9.17) is 0 Å². The second kappa shape index (κ2) is 13.2. The van der Waals surface area contributed by atoms with Crippen molar-refractivity contribution >= 4 is 28.6 Å². The maximum absolute atomic E-state index is 14.7. The highest BCUT2D eigenvalue weighted by Gasteiger charge is 2.31. The topological polar surface area (TPSA) is 132 Å². The molecule has 3 aromatic rings. The molecule has 0 bridgehead atoms. The van der Waals surface area contributed by atoms with Crippen molar-refractivity contribution in [3.63, 3.8) is 0 Å². The van der Waals surface area contributed by atoms with Gasteiger partial charge in [0.25, 0.3) is 5.91 Å². The minimum Gasteiger partial charge on any atom is -0.406 e. The van der Waals surface area contributed by atoms with Crippen LogP contribution in [0.15, 0.2) is 42.0 Å². The summed E-state index contributed by atoms with van der Waals surface area (Å²) in [5.74, 6) is -2.49. The molecule has 0 fully saturated rings. The monoisotopic (exact) mass is 615 g/mol. The first-order chi connectivity index (χ1) is 19.8. The van der Waals surface area contributed by atoms with E-state index in [2.05, 4.69) is 35.8 Å². The standard InChI is InChI=1S/C24H26F5N9O3S/c1-36-11-16(31-13-36)8-20(39)32-23-37(2)34-21(42-23)6-3-15(25)10-38-12-19(33-35-38)22(40)30-9-14-7-17(4-5-18(14)26)41-24(27,28)29/h4-5,7,11-13,15,23H,3,6,8-10H2,1-2H3,(H,30,40)(H,32,39). The number of alkyl halides is 4. The van der Waals surface area contributed by atoms with E-state index < -0.39 is 42.1 Å². The summed E-state index contributed by atoms with van der Waals surface area (Å²) in [6.07, 6.45) is -1.25. The van der Waals surface area contributed by atoms with Crippen LogP contribution >= 0.6 is 11.8 Å². The Morgan fingerprint density at radius 3 is 2.71 bits per heavy atom. The molecule has 2 unspecified atom stereocenters. The van der Waals surface area contributed by atoms with Gasteiger partial charge in [-0.2, -0.15) is 5.10 Å². The fourth-order valence-electron chi connectivity index (χ4n) is 3.82. The Kier molecular flexibility index (Phi) is 9.64. The van der Waals surface area contributed by atoms with Gasteiger partial charge in [0.1, 0.15) is 17.7 Å². The van der Waals surface area contributed by atoms with Crippen molar-refractivity contribution in [2.45, 2.75) is 50.4 Å². The number of hydrogen-bond donors (Lipinski definition) is 2. The number of halogens is 5. The van der Waals surface area contributed by atoms with Crippen LogP contribution in [0.3, 0.4) is 0 Å². The smallest absolute Gasteiger partial charge is 0.406 e. The van der Waals surface area contributed by atoms with Gasteiger partial charge in [-0.15, -0.1) is 18.3 Å². The summed E-state index contributed by atoms with van der Waals surface area (Å²) in [6.45, 7) is -0.652. The highest BCUT2D eigenvalue weighted by molar-refractivity contribution is 8.14. The molecule has 2 N–H and O–H groups in total. The van der Waals surface area contributed by atoms with E-state index in [-0.39, 0.29) is 36.6 Å². The van der Waals surface area contributed by atoms with Crippen LogP contribution in [0, 0.1) is 5.82 Å². The molecular formula is C24H26F5N9O3S. The Morgan fingerprint density at radius 1 is 1.21 bits per heavy atom. The lowest BCUT2D eigenvalue weighted by Gasteiger charge is -2.18. The van der Waals surface area contributed by atoms with Crippen molar-refractivity contribution in [1.29, 1.82) is 0 Å². The number of hydrogen-bond acceptors (Lipinski definition) is 9. The largest absolute Gasteiger partial charge is 0.573 e. The lowest BCUT2D eigenvalue weighted by atomic mass is 10.2. The molecule has 0 aliphatic carbocycles. The zero-order chi connectivity index (χ0) is 30.4. The Bertz CT molecular complexity index is 1440. The number of aromatic nitrogens is 5. The number of ether oxygens (including phenoxy) is 1. The highest BCUT2D eigenvalue weighted by atomic mass is 32.2. The highest BCUT2D eigenvalue weighted by Crippen LogP contribution is 2.27. The van der Waals surface area contributed by atoms with Crippen molar-refractivity contribution in [3.05, 3.63) is 59.7 Å². The Morgan fingerprint density at radius 2 is 2.00 bits per heavy atom. The molecule has 18 heteroatoms. The predicted octanol–water partition coefficient (Wildman–Crippen LogP) is 2.73. The fourth-order valence-corrected chi connectivity index (χ4v) is 4.88. The molecule has 1 aliphatic rings. The van der Waals surface area contributed by atoms with Gasteiger partial charge in [0.2, 0.25) is 5.91 Å². The van der Waals surface area contributed by atoms with Crippen molar-refractivity contribution in [3.8, 4) is 5.75 Å². The molecular weight excluding hydrogens is 589 g/mol. The van der Waals surface area contributed by atoms with Gasteiger partial charge in [-0.25, -0.2) is 18.4 Å². The van der Waals surface area contributed by atoms with Gasteiger partial charge in [-0.3, -0.25) is 14.6 Å². The van der Waals surface area contributed by atoms with E-state index in [1.165, 1.54) is 18.0 Å². The maximum atomic E-state index is 14.7. The number of rotatable bonds is 12. The van der Waals surface area contributed by atoms with Crippen LogP contribution < -0.4 is 15.4 Å². The fraction of sp³-hybridized carbons (Fsp3) is 0.417. The first-order valence-corrected chi connectivity index (χ1v) is 13.3. The average molecular weight is 616 g/mol. The van der Waals surface area contributed by atoms with Crippen LogP contribution in [0.4, 0.5) is 22.0 Å². The molecule has 1 aromatic carbocycles. The Hall–Kier alpha value is -4.22. The van der Waals surface area contributed by atoms with E-state index >= 15 is 0 Å². The zero-order valence-corrected chi connectivity index (χ0v) is 23.1. The van der Waals surface area contributed by atoms with Crippen LogP contribution in [-0.2, 0) is 31.4 Å². The molecule has 42 heavy (non-hydrogen) atoms. The second-order valence-electron chi connectivity index (χ2n) is 9.26. The van der Waals surface area contributed by atoms with Crippen molar-refractivity contribution in [1.82, 2.24) is 40.2 Å². The average Bonchev–Trinajstić information content (AvgIpc) is 3.62. The van der Waals surface area contributed by atoms with Gasteiger partial charge in [-0.05, 0) is 24.6 Å². The molecule has 0 radical (unpaired) electrons. The summed E-state index contributed by atoms with van der Waals surface area (Å²) >= 11 is 1.30.